The molecular weight excluding hydrogens is 268 g/mol. The minimum Gasteiger partial charge on any atom is -0.494 e. The van der Waals surface area contributed by atoms with Crippen LogP contribution in [0, 0.1) is 17.2 Å². The Morgan fingerprint density at radius 3 is 2.57 bits per heavy atom. The summed E-state index contributed by atoms with van der Waals surface area (Å²) in [5.74, 6) is 0.732. The Morgan fingerprint density at radius 2 is 2.05 bits per heavy atom. The fraction of sp³-hybridized carbons (Fsp3) is 0.375. The molecular formula is C16H20N2O3. The molecule has 0 amide bonds. The van der Waals surface area contributed by atoms with Crippen LogP contribution < -0.4 is 10.1 Å². The fourth-order valence-corrected chi connectivity index (χ4v) is 1.46. The van der Waals surface area contributed by atoms with Crippen molar-refractivity contribution in [1.29, 1.82) is 5.26 Å². The number of carbonyl (C=O) groups excluding carboxylic acids is 1. The van der Waals surface area contributed by atoms with Crippen molar-refractivity contribution in [2.75, 3.05) is 19.0 Å². The highest BCUT2D eigenvalue weighted by Crippen LogP contribution is 2.16. The molecule has 1 aromatic carbocycles. The third-order valence-corrected chi connectivity index (χ3v) is 2.73. The maximum Gasteiger partial charge on any atom is 0.350 e. The molecule has 112 valence electrons. The van der Waals surface area contributed by atoms with Crippen molar-refractivity contribution in [1.82, 2.24) is 0 Å². The van der Waals surface area contributed by atoms with Gasteiger partial charge in [0.25, 0.3) is 0 Å². The van der Waals surface area contributed by atoms with Crippen molar-refractivity contribution < 1.29 is 14.3 Å². The van der Waals surface area contributed by atoms with Gasteiger partial charge in [0.2, 0.25) is 0 Å². The molecule has 5 nitrogen and oxygen atoms in total. The second-order valence-electron chi connectivity index (χ2n) is 4.86. The van der Waals surface area contributed by atoms with Crippen LogP contribution in [-0.4, -0.2) is 19.7 Å². The van der Waals surface area contributed by atoms with Gasteiger partial charge in [0, 0.05) is 11.9 Å². The number of hydrogen-bond donors (Lipinski definition) is 1. The molecule has 0 atom stereocenters. The topological polar surface area (TPSA) is 71.4 Å². The second kappa shape index (κ2) is 8.64. The van der Waals surface area contributed by atoms with Crippen molar-refractivity contribution in [3.63, 3.8) is 0 Å². The quantitative estimate of drug-likeness (QED) is 0.474. The first-order chi connectivity index (χ1) is 10.1. The van der Waals surface area contributed by atoms with Crippen LogP contribution in [-0.2, 0) is 9.53 Å². The molecule has 5 heteroatoms. The van der Waals surface area contributed by atoms with Gasteiger partial charge in [-0.25, -0.2) is 4.79 Å². The Kier molecular flexibility index (Phi) is 6.82. The Balaban J connectivity index is 2.56. The van der Waals surface area contributed by atoms with Crippen LogP contribution in [0.4, 0.5) is 5.69 Å². The number of rotatable bonds is 7. The molecule has 21 heavy (non-hydrogen) atoms. The first-order valence-corrected chi connectivity index (χ1v) is 6.74. The summed E-state index contributed by atoms with van der Waals surface area (Å²) in [6.45, 7) is 4.98. The molecule has 0 saturated carbocycles. The van der Waals surface area contributed by atoms with Crippen LogP contribution in [0.5, 0.6) is 5.75 Å². The van der Waals surface area contributed by atoms with Gasteiger partial charge in [0.05, 0.1) is 13.7 Å². The molecule has 1 aromatic rings. The maximum absolute atomic E-state index is 11.2. The molecule has 0 unspecified atom stereocenters. The molecule has 0 bridgehead atoms. The van der Waals surface area contributed by atoms with Gasteiger partial charge >= 0.3 is 5.97 Å². The van der Waals surface area contributed by atoms with Crippen LogP contribution in [0.15, 0.2) is 36.0 Å². The smallest absolute Gasteiger partial charge is 0.350 e. The van der Waals surface area contributed by atoms with E-state index in [0.29, 0.717) is 12.5 Å². The van der Waals surface area contributed by atoms with Crippen LogP contribution in [0.3, 0.4) is 0 Å². The standard InChI is InChI=1S/C16H20N2O3/c1-12(2)8-9-21-15-6-4-14(5-7-15)18-11-13(10-17)16(19)20-3/h4-7,11-12,18H,8-9H2,1-3H3/b13-11+. The summed E-state index contributed by atoms with van der Waals surface area (Å²) >= 11 is 0. The van der Waals surface area contributed by atoms with E-state index in [1.807, 2.05) is 24.3 Å². The second-order valence-corrected chi connectivity index (χ2v) is 4.86. The molecule has 0 heterocycles. The van der Waals surface area contributed by atoms with E-state index < -0.39 is 5.97 Å². The Bertz CT molecular complexity index is 527. The summed E-state index contributed by atoms with van der Waals surface area (Å²) in [5.41, 5.74) is 0.664. The zero-order valence-electron chi connectivity index (χ0n) is 12.6. The lowest BCUT2D eigenvalue weighted by Crippen LogP contribution is -2.05. The number of carbonyl (C=O) groups is 1. The summed E-state index contributed by atoms with van der Waals surface area (Å²) in [5, 5.41) is 11.7. The molecule has 0 radical (unpaired) electrons. The highest BCUT2D eigenvalue weighted by Gasteiger charge is 2.07. The molecule has 0 saturated heterocycles. The van der Waals surface area contributed by atoms with Gasteiger partial charge in [-0.1, -0.05) is 13.8 Å². The number of methoxy groups -OCH3 is 1. The van der Waals surface area contributed by atoms with Crippen molar-refractivity contribution in [2.45, 2.75) is 20.3 Å². The first-order valence-electron chi connectivity index (χ1n) is 6.74. The van der Waals surface area contributed by atoms with Gasteiger partial charge in [0.15, 0.2) is 5.57 Å². The zero-order chi connectivity index (χ0) is 15.7. The molecule has 0 aliphatic carbocycles. The van der Waals surface area contributed by atoms with Gasteiger partial charge in [-0.15, -0.1) is 0 Å². The number of anilines is 1. The molecule has 0 aromatic heterocycles. The van der Waals surface area contributed by atoms with Crippen molar-refractivity contribution in [3.8, 4) is 11.8 Å². The number of nitriles is 1. The maximum atomic E-state index is 11.2. The first kappa shape index (κ1) is 16.6. The number of hydrogen-bond acceptors (Lipinski definition) is 5. The van der Waals surface area contributed by atoms with Gasteiger partial charge < -0.3 is 14.8 Å². The van der Waals surface area contributed by atoms with E-state index in [1.54, 1.807) is 6.07 Å². The molecule has 0 spiro atoms. The molecule has 1 N–H and O–H groups in total. The van der Waals surface area contributed by atoms with Gasteiger partial charge in [0.1, 0.15) is 11.8 Å². The van der Waals surface area contributed by atoms with E-state index in [4.69, 9.17) is 10.00 Å². The summed E-state index contributed by atoms with van der Waals surface area (Å²) in [4.78, 5) is 11.2. The number of esters is 1. The van der Waals surface area contributed by atoms with Crippen molar-refractivity contribution in [2.24, 2.45) is 5.92 Å². The number of nitrogens with one attached hydrogen (secondary N) is 1. The lowest BCUT2D eigenvalue weighted by atomic mass is 10.1. The minimum atomic E-state index is -0.668. The minimum absolute atomic E-state index is 0.0882. The van der Waals surface area contributed by atoms with Crippen molar-refractivity contribution in [3.05, 3.63) is 36.0 Å². The molecule has 0 aliphatic heterocycles. The van der Waals surface area contributed by atoms with Crippen molar-refractivity contribution >= 4 is 11.7 Å². The lowest BCUT2D eigenvalue weighted by molar-refractivity contribution is -0.135. The predicted octanol–water partition coefficient (Wildman–Crippen LogP) is 3.10. The van der Waals surface area contributed by atoms with E-state index in [1.165, 1.54) is 13.3 Å². The summed E-state index contributed by atoms with van der Waals surface area (Å²) in [7, 11) is 1.23. The zero-order valence-corrected chi connectivity index (χ0v) is 12.6. The Morgan fingerprint density at radius 1 is 1.38 bits per heavy atom. The predicted molar refractivity (Wildman–Crippen MR) is 80.7 cm³/mol. The number of benzene rings is 1. The summed E-state index contributed by atoms with van der Waals surface area (Å²) in [6.07, 6.45) is 2.33. The SMILES string of the molecule is COC(=O)/C(C#N)=C/Nc1ccc(OCCC(C)C)cc1. The molecule has 1 rings (SSSR count). The average molecular weight is 288 g/mol. The summed E-state index contributed by atoms with van der Waals surface area (Å²) < 4.78 is 10.1. The third kappa shape index (κ3) is 6.00. The van der Waals surface area contributed by atoms with E-state index >= 15 is 0 Å². The van der Waals surface area contributed by atoms with Crippen LogP contribution in [0.25, 0.3) is 0 Å². The molecule has 0 fully saturated rings. The van der Waals surface area contributed by atoms with E-state index in [-0.39, 0.29) is 5.57 Å². The highest BCUT2D eigenvalue weighted by molar-refractivity contribution is 5.92. The fourth-order valence-electron chi connectivity index (χ4n) is 1.46. The van der Waals surface area contributed by atoms with Crippen LogP contribution in [0.2, 0.25) is 0 Å². The largest absolute Gasteiger partial charge is 0.494 e. The van der Waals surface area contributed by atoms with E-state index in [9.17, 15) is 4.79 Å². The van der Waals surface area contributed by atoms with E-state index in [0.717, 1.165) is 17.9 Å². The Labute approximate surface area is 125 Å². The van der Waals surface area contributed by atoms with Gasteiger partial charge in [-0.3, -0.25) is 0 Å². The summed E-state index contributed by atoms with van der Waals surface area (Å²) in [6, 6.07) is 9.07. The lowest BCUT2D eigenvalue weighted by Gasteiger charge is -2.08. The van der Waals surface area contributed by atoms with E-state index in [2.05, 4.69) is 23.9 Å². The average Bonchev–Trinajstić information content (AvgIpc) is 2.48. The van der Waals surface area contributed by atoms with Crippen LogP contribution >= 0.6 is 0 Å². The monoisotopic (exact) mass is 288 g/mol. The van der Waals surface area contributed by atoms with Gasteiger partial charge in [-0.2, -0.15) is 5.26 Å². The number of ether oxygens (including phenoxy) is 2. The Hall–Kier alpha value is -2.48. The van der Waals surface area contributed by atoms with Gasteiger partial charge in [-0.05, 0) is 36.6 Å². The number of nitrogens with zero attached hydrogens (tertiary/aromatic N) is 1. The molecule has 0 aliphatic rings. The normalized spacial score (nSPS) is 10.9. The van der Waals surface area contributed by atoms with Crippen LogP contribution in [0.1, 0.15) is 20.3 Å². The third-order valence-electron chi connectivity index (χ3n) is 2.73. The highest BCUT2D eigenvalue weighted by atomic mass is 16.5.